The number of nitrogens with two attached hydrogens (primary N) is 1. The van der Waals surface area contributed by atoms with Crippen LogP contribution in [0.2, 0.25) is 0 Å². The lowest BCUT2D eigenvalue weighted by Gasteiger charge is -2.20. The summed E-state index contributed by atoms with van der Waals surface area (Å²) >= 11 is 3.50. The summed E-state index contributed by atoms with van der Waals surface area (Å²) in [5.74, 6) is 1.78. The van der Waals surface area contributed by atoms with Crippen LogP contribution in [0.15, 0.2) is 28.9 Å². The molecule has 2 aromatic rings. The maximum absolute atomic E-state index is 5.76. The monoisotopic (exact) mass is 337 g/mol. The van der Waals surface area contributed by atoms with Gasteiger partial charge in [-0.05, 0) is 46.1 Å². The number of rotatable bonds is 5. The van der Waals surface area contributed by atoms with Gasteiger partial charge in [-0.3, -0.25) is 0 Å². The highest BCUT2D eigenvalue weighted by atomic mass is 79.9. The minimum Gasteiger partial charge on any atom is -0.496 e. The quantitative estimate of drug-likeness (QED) is 0.878. The van der Waals surface area contributed by atoms with Gasteiger partial charge >= 0.3 is 0 Å². The van der Waals surface area contributed by atoms with Gasteiger partial charge in [-0.15, -0.1) is 0 Å². The summed E-state index contributed by atoms with van der Waals surface area (Å²) in [7, 11) is 1.66. The minimum absolute atomic E-state index is 0.0512. The number of nitrogens with one attached hydrogen (secondary N) is 1. The van der Waals surface area contributed by atoms with Crippen molar-refractivity contribution in [2.75, 3.05) is 13.7 Å². The fourth-order valence-corrected chi connectivity index (χ4v) is 2.50. The summed E-state index contributed by atoms with van der Waals surface area (Å²) in [6, 6.07) is 5.96. The van der Waals surface area contributed by atoms with Gasteiger partial charge in [0.2, 0.25) is 0 Å². The third-order valence-corrected chi connectivity index (χ3v) is 3.91. The molecule has 0 bridgehead atoms. The number of nitrogens with zero attached hydrogens (tertiary/aromatic N) is 1. The maximum Gasteiger partial charge on any atom is 0.133 e. The van der Waals surface area contributed by atoms with E-state index in [-0.39, 0.29) is 5.41 Å². The van der Waals surface area contributed by atoms with Gasteiger partial charge in [0.1, 0.15) is 11.6 Å². The summed E-state index contributed by atoms with van der Waals surface area (Å²) in [5.41, 5.74) is 7.88. The maximum atomic E-state index is 5.76. The fraction of sp³-hybridized carbons (Fsp3) is 0.400. The molecule has 1 aromatic carbocycles. The van der Waals surface area contributed by atoms with Crippen LogP contribution in [0.5, 0.6) is 5.75 Å². The van der Waals surface area contributed by atoms with Crippen LogP contribution < -0.4 is 10.5 Å². The number of hydrogen-bond acceptors (Lipinski definition) is 3. The lowest BCUT2D eigenvalue weighted by molar-refractivity contribution is 0.369. The number of methoxy groups -OCH3 is 1. The van der Waals surface area contributed by atoms with E-state index in [1.54, 1.807) is 7.11 Å². The molecule has 108 valence electrons. The summed E-state index contributed by atoms with van der Waals surface area (Å²) in [4.78, 5) is 7.80. The smallest absolute Gasteiger partial charge is 0.133 e. The molecule has 0 aliphatic heterocycles. The Morgan fingerprint density at radius 3 is 2.75 bits per heavy atom. The summed E-state index contributed by atoms with van der Waals surface area (Å²) < 4.78 is 6.16. The minimum atomic E-state index is 0.0512. The summed E-state index contributed by atoms with van der Waals surface area (Å²) in [6.45, 7) is 4.91. The molecular formula is C15H20BrN3O. The van der Waals surface area contributed by atoms with Crippen LogP contribution in [0.1, 0.15) is 19.7 Å². The fourth-order valence-electron chi connectivity index (χ4n) is 1.96. The molecule has 0 aliphatic carbocycles. The first-order valence-electron chi connectivity index (χ1n) is 6.53. The van der Waals surface area contributed by atoms with Crippen molar-refractivity contribution in [3.05, 3.63) is 34.7 Å². The number of halogens is 1. The van der Waals surface area contributed by atoms with E-state index in [2.05, 4.69) is 39.7 Å². The molecule has 0 spiro atoms. The Morgan fingerprint density at radius 1 is 1.40 bits per heavy atom. The number of hydrogen-bond donors (Lipinski definition) is 2. The van der Waals surface area contributed by atoms with Gasteiger partial charge < -0.3 is 15.5 Å². The molecule has 0 fully saturated rings. The Kier molecular flexibility index (Phi) is 4.50. The predicted octanol–water partition coefficient (Wildman–Crippen LogP) is 3.38. The highest BCUT2D eigenvalue weighted by molar-refractivity contribution is 9.10. The molecule has 0 atom stereocenters. The van der Waals surface area contributed by atoms with Crippen LogP contribution in [0.3, 0.4) is 0 Å². The van der Waals surface area contributed by atoms with Crippen molar-refractivity contribution in [3.8, 4) is 17.0 Å². The van der Waals surface area contributed by atoms with Gasteiger partial charge in [0.15, 0.2) is 0 Å². The zero-order chi connectivity index (χ0) is 14.8. The topological polar surface area (TPSA) is 63.9 Å². The number of imidazole rings is 1. The normalized spacial score (nSPS) is 11.7. The summed E-state index contributed by atoms with van der Waals surface area (Å²) in [5, 5.41) is 0. The van der Waals surface area contributed by atoms with Crippen molar-refractivity contribution in [2.24, 2.45) is 11.1 Å². The number of aromatic amines is 1. The van der Waals surface area contributed by atoms with Crippen LogP contribution in [0, 0.1) is 5.41 Å². The van der Waals surface area contributed by atoms with E-state index in [1.165, 1.54) is 0 Å². The molecule has 5 heteroatoms. The second kappa shape index (κ2) is 5.97. The molecule has 0 unspecified atom stereocenters. The van der Waals surface area contributed by atoms with Crippen molar-refractivity contribution in [1.29, 1.82) is 0 Å². The second-order valence-corrected chi connectivity index (χ2v) is 6.49. The lowest BCUT2D eigenvalue weighted by Crippen LogP contribution is -2.26. The first-order valence-corrected chi connectivity index (χ1v) is 7.32. The van der Waals surface area contributed by atoms with Crippen molar-refractivity contribution >= 4 is 15.9 Å². The molecule has 1 aromatic heterocycles. The molecule has 1 heterocycles. The molecule has 0 amide bonds. The van der Waals surface area contributed by atoms with Crippen molar-refractivity contribution in [3.63, 3.8) is 0 Å². The van der Waals surface area contributed by atoms with Crippen LogP contribution >= 0.6 is 15.9 Å². The van der Waals surface area contributed by atoms with Gasteiger partial charge in [-0.1, -0.05) is 13.8 Å². The van der Waals surface area contributed by atoms with Gasteiger partial charge in [-0.25, -0.2) is 4.98 Å². The van der Waals surface area contributed by atoms with Crippen molar-refractivity contribution < 1.29 is 4.74 Å². The van der Waals surface area contributed by atoms with Crippen LogP contribution in [0.4, 0.5) is 0 Å². The third kappa shape index (κ3) is 3.41. The van der Waals surface area contributed by atoms with E-state index in [0.29, 0.717) is 6.54 Å². The zero-order valence-corrected chi connectivity index (χ0v) is 13.6. The molecule has 2 rings (SSSR count). The Bertz CT molecular complexity index is 593. The van der Waals surface area contributed by atoms with E-state index < -0.39 is 0 Å². The second-order valence-electron chi connectivity index (χ2n) is 5.64. The van der Waals surface area contributed by atoms with E-state index in [9.17, 15) is 0 Å². The Hall–Kier alpha value is -1.33. The Labute approximate surface area is 127 Å². The number of H-pyrrole nitrogens is 1. The van der Waals surface area contributed by atoms with E-state index >= 15 is 0 Å². The van der Waals surface area contributed by atoms with Crippen molar-refractivity contribution in [2.45, 2.75) is 20.3 Å². The Morgan fingerprint density at radius 2 is 2.15 bits per heavy atom. The third-order valence-electron chi connectivity index (χ3n) is 3.29. The molecule has 3 N–H and O–H groups in total. The average Bonchev–Trinajstić information content (AvgIpc) is 2.86. The SMILES string of the molecule is COc1ccc(-c2cnc(CC(C)(C)CN)[nH]2)cc1Br. The van der Waals surface area contributed by atoms with E-state index in [1.807, 2.05) is 24.4 Å². The van der Waals surface area contributed by atoms with Gasteiger partial charge in [0, 0.05) is 12.0 Å². The largest absolute Gasteiger partial charge is 0.496 e. The van der Waals surface area contributed by atoms with Gasteiger partial charge in [0.25, 0.3) is 0 Å². The van der Waals surface area contributed by atoms with Crippen molar-refractivity contribution in [1.82, 2.24) is 9.97 Å². The first kappa shape index (κ1) is 15.1. The van der Waals surface area contributed by atoms with Gasteiger partial charge in [0.05, 0.1) is 23.5 Å². The highest BCUT2D eigenvalue weighted by Crippen LogP contribution is 2.30. The standard InChI is InChI=1S/C15H20BrN3O/c1-15(2,9-17)7-14-18-8-12(19-14)10-4-5-13(20-3)11(16)6-10/h4-6,8H,7,9,17H2,1-3H3,(H,18,19). The molecule has 0 radical (unpaired) electrons. The van der Waals surface area contributed by atoms with E-state index in [4.69, 9.17) is 10.5 Å². The van der Waals surface area contributed by atoms with Crippen LogP contribution in [-0.2, 0) is 6.42 Å². The first-order chi connectivity index (χ1) is 9.45. The summed E-state index contributed by atoms with van der Waals surface area (Å²) in [6.07, 6.45) is 2.69. The predicted molar refractivity (Wildman–Crippen MR) is 84.8 cm³/mol. The number of ether oxygens (including phenoxy) is 1. The average molecular weight is 338 g/mol. The lowest BCUT2D eigenvalue weighted by atomic mass is 9.89. The highest BCUT2D eigenvalue weighted by Gasteiger charge is 2.18. The van der Waals surface area contributed by atoms with Crippen LogP contribution in [0.25, 0.3) is 11.3 Å². The number of aromatic nitrogens is 2. The Balaban J connectivity index is 2.22. The molecule has 20 heavy (non-hydrogen) atoms. The molecule has 4 nitrogen and oxygen atoms in total. The zero-order valence-electron chi connectivity index (χ0n) is 12.0. The van der Waals surface area contributed by atoms with Gasteiger partial charge in [-0.2, -0.15) is 0 Å². The van der Waals surface area contributed by atoms with Crippen LogP contribution in [-0.4, -0.2) is 23.6 Å². The van der Waals surface area contributed by atoms with E-state index in [0.717, 1.165) is 33.7 Å². The number of benzene rings is 1. The molecule has 0 saturated carbocycles. The molecular weight excluding hydrogens is 318 g/mol. The molecule has 0 aliphatic rings. The molecule has 0 saturated heterocycles.